The number of amides is 1. The number of carboxylic acid groups (broad SMARTS) is 1. The van der Waals surface area contributed by atoms with Crippen molar-refractivity contribution >= 4 is 27.5 Å². The minimum atomic E-state index is -4.02. The van der Waals surface area contributed by atoms with Gasteiger partial charge in [-0.2, -0.15) is 9.29 Å². The first-order valence-corrected chi connectivity index (χ1v) is 14.6. The van der Waals surface area contributed by atoms with Crippen molar-refractivity contribution in [1.29, 1.82) is 0 Å². The van der Waals surface area contributed by atoms with E-state index in [2.05, 4.69) is 15.5 Å². The van der Waals surface area contributed by atoms with Crippen LogP contribution in [-0.2, 0) is 16.4 Å². The van der Waals surface area contributed by atoms with E-state index in [1.54, 1.807) is 12.1 Å². The molecule has 0 bridgehead atoms. The van der Waals surface area contributed by atoms with E-state index in [9.17, 15) is 23.4 Å². The van der Waals surface area contributed by atoms with Crippen LogP contribution in [0.2, 0.25) is 0 Å². The largest absolute Gasteiger partial charge is 0.465 e. The van der Waals surface area contributed by atoms with Crippen molar-refractivity contribution in [2.75, 3.05) is 13.1 Å². The molecule has 0 fully saturated rings. The van der Waals surface area contributed by atoms with Gasteiger partial charge in [-0.3, -0.25) is 0 Å². The topological polar surface area (TPSA) is 146 Å². The van der Waals surface area contributed by atoms with Crippen molar-refractivity contribution in [3.05, 3.63) is 77.7 Å². The fraction of sp³-hybridized carbons (Fsp3) is 0.296. The smallest absolute Gasteiger partial charge is 0.404 e. The number of nitrogens with one attached hydrogen (secondary N) is 1. The number of thiophene rings is 1. The van der Waals surface area contributed by atoms with Crippen molar-refractivity contribution in [3.63, 3.8) is 0 Å². The molecule has 10 nitrogen and oxygen atoms in total. The molecule has 1 amide bonds. The van der Waals surface area contributed by atoms with Gasteiger partial charge in [0.05, 0.1) is 21.9 Å². The van der Waals surface area contributed by atoms with E-state index in [4.69, 9.17) is 4.52 Å². The first-order chi connectivity index (χ1) is 18.6. The monoisotopic (exact) mass is 570 g/mol. The lowest BCUT2D eigenvalue weighted by Crippen LogP contribution is -2.50. The zero-order valence-corrected chi connectivity index (χ0v) is 23.1. The summed E-state index contributed by atoms with van der Waals surface area (Å²) in [5, 5.41) is 28.6. The fourth-order valence-electron chi connectivity index (χ4n) is 4.09. The van der Waals surface area contributed by atoms with Crippen LogP contribution in [0.5, 0.6) is 0 Å². The molecule has 0 saturated heterocycles. The lowest BCUT2D eigenvalue weighted by molar-refractivity contribution is 0.0980. The van der Waals surface area contributed by atoms with Gasteiger partial charge < -0.3 is 20.1 Å². The fourth-order valence-corrected chi connectivity index (χ4v) is 6.36. The van der Waals surface area contributed by atoms with E-state index in [1.165, 1.54) is 27.8 Å². The molecule has 0 unspecified atom stereocenters. The molecule has 0 radical (unpaired) electrons. The summed E-state index contributed by atoms with van der Waals surface area (Å²) in [4.78, 5) is 16.7. The van der Waals surface area contributed by atoms with Crippen LogP contribution in [0.15, 0.2) is 81.5 Å². The van der Waals surface area contributed by atoms with Gasteiger partial charge in [0, 0.05) is 18.7 Å². The number of sulfonamides is 1. The van der Waals surface area contributed by atoms with E-state index >= 15 is 0 Å². The van der Waals surface area contributed by atoms with Gasteiger partial charge in [0.1, 0.15) is 0 Å². The SMILES string of the molecule is CC(C)CN(C[C@@H](O)[C@H](Cc1ccccc1)NC(=O)O)S(=O)(=O)c1ccc(-c2noc(-c3cccs3)n2)cc1. The summed E-state index contributed by atoms with van der Waals surface area (Å²) in [7, 11) is -4.02. The van der Waals surface area contributed by atoms with E-state index in [0.29, 0.717) is 17.3 Å². The van der Waals surface area contributed by atoms with Crippen LogP contribution in [0.3, 0.4) is 0 Å². The van der Waals surface area contributed by atoms with Gasteiger partial charge in [-0.25, -0.2) is 13.2 Å². The van der Waals surface area contributed by atoms with Crippen LogP contribution in [0.1, 0.15) is 19.4 Å². The number of carbonyl (C=O) groups is 1. The molecule has 0 aliphatic carbocycles. The molecule has 12 heteroatoms. The third-order valence-corrected chi connectivity index (χ3v) is 8.64. The van der Waals surface area contributed by atoms with E-state index in [0.717, 1.165) is 10.4 Å². The average molecular weight is 571 g/mol. The predicted molar refractivity (Wildman–Crippen MR) is 148 cm³/mol. The molecule has 0 aliphatic heterocycles. The van der Waals surface area contributed by atoms with E-state index < -0.39 is 28.3 Å². The van der Waals surface area contributed by atoms with E-state index in [1.807, 2.05) is 61.7 Å². The molecule has 2 aromatic carbocycles. The second kappa shape index (κ2) is 12.5. The normalized spacial score (nSPS) is 13.5. The summed E-state index contributed by atoms with van der Waals surface area (Å²) in [6, 6.07) is 18.1. The number of hydrogen-bond acceptors (Lipinski definition) is 8. The highest BCUT2D eigenvalue weighted by Gasteiger charge is 2.31. The predicted octanol–water partition coefficient (Wildman–Crippen LogP) is 4.35. The Hall–Kier alpha value is -3.58. The van der Waals surface area contributed by atoms with Crippen LogP contribution in [0.4, 0.5) is 4.79 Å². The third kappa shape index (κ3) is 7.30. The standard InChI is InChI=1S/C27H30N4O6S2/c1-18(2)16-31(17-23(32)22(28-27(33)34)15-19-7-4-3-5-8-19)39(35,36)21-12-10-20(11-13-21)25-29-26(37-30-25)24-9-6-14-38-24/h3-14,18,22-23,28,32H,15-17H2,1-2H3,(H,33,34)/t22-,23+/m0/s1. The molecule has 2 atom stereocenters. The molecule has 2 aromatic heterocycles. The zero-order chi connectivity index (χ0) is 28.0. The average Bonchev–Trinajstić information content (AvgIpc) is 3.61. The number of aliphatic hydroxyl groups excluding tert-OH is 1. The maximum Gasteiger partial charge on any atom is 0.404 e. The van der Waals surface area contributed by atoms with Crippen molar-refractivity contribution in [3.8, 4) is 22.2 Å². The molecule has 4 rings (SSSR count). The molecule has 4 aromatic rings. The van der Waals surface area contributed by atoms with Gasteiger partial charge >= 0.3 is 6.09 Å². The number of aromatic nitrogens is 2. The molecule has 206 valence electrons. The Morgan fingerprint density at radius 1 is 1.05 bits per heavy atom. The highest BCUT2D eigenvalue weighted by atomic mass is 32.2. The first kappa shape index (κ1) is 28.4. The molecule has 3 N–H and O–H groups in total. The summed E-state index contributed by atoms with van der Waals surface area (Å²) in [6.07, 6.45) is -2.38. The molecule has 0 saturated carbocycles. The highest BCUT2D eigenvalue weighted by Crippen LogP contribution is 2.27. The summed E-state index contributed by atoms with van der Waals surface area (Å²) < 4.78 is 33.8. The molecule has 39 heavy (non-hydrogen) atoms. The zero-order valence-electron chi connectivity index (χ0n) is 21.5. The van der Waals surface area contributed by atoms with Gasteiger partial charge in [-0.1, -0.05) is 55.4 Å². The summed E-state index contributed by atoms with van der Waals surface area (Å²) in [5.74, 6) is 0.676. The maximum absolute atomic E-state index is 13.6. The van der Waals surface area contributed by atoms with Crippen molar-refractivity contribution in [2.45, 2.75) is 37.3 Å². The van der Waals surface area contributed by atoms with Gasteiger partial charge in [0.25, 0.3) is 5.89 Å². The Balaban J connectivity index is 1.54. The van der Waals surface area contributed by atoms with Crippen molar-refractivity contribution in [1.82, 2.24) is 19.8 Å². The molecule has 2 heterocycles. The van der Waals surface area contributed by atoms with Gasteiger partial charge in [-0.15, -0.1) is 11.3 Å². The third-order valence-electron chi connectivity index (χ3n) is 5.94. The second-order valence-corrected chi connectivity index (χ2v) is 12.3. The van der Waals surface area contributed by atoms with Crippen LogP contribution in [-0.4, -0.2) is 64.4 Å². The lowest BCUT2D eigenvalue weighted by Gasteiger charge is -2.30. The number of nitrogens with zero attached hydrogens (tertiary/aromatic N) is 3. The van der Waals surface area contributed by atoms with Crippen LogP contribution >= 0.6 is 11.3 Å². The lowest BCUT2D eigenvalue weighted by atomic mass is 10.0. The summed E-state index contributed by atoms with van der Waals surface area (Å²) >= 11 is 1.47. The van der Waals surface area contributed by atoms with Gasteiger partial charge in [-0.05, 0) is 53.6 Å². The number of aliphatic hydroxyl groups is 1. The Morgan fingerprint density at radius 2 is 1.77 bits per heavy atom. The first-order valence-electron chi connectivity index (χ1n) is 12.3. The second-order valence-electron chi connectivity index (χ2n) is 9.45. The Labute approximate surface area is 231 Å². The molecular formula is C27H30N4O6S2. The Kier molecular flexibility index (Phi) is 9.12. The Morgan fingerprint density at radius 3 is 2.38 bits per heavy atom. The molecular weight excluding hydrogens is 540 g/mol. The molecule has 0 spiro atoms. The summed E-state index contributed by atoms with van der Waals surface area (Å²) in [6.45, 7) is 3.60. The van der Waals surface area contributed by atoms with Crippen molar-refractivity contribution in [2.24, 2.45) is 5.92 Å². The number of hydrogen-bond donors (Lipinski definition) is 3. The minimum Gasteiger partial charge on any atom is -0.465 e. The minimum absolute atomic E-state index is 0.0341. The highest BCUT2D eigenvalue weighted by molar-refractivity contribution is 7.89. The maximum atomic E-state index is 13.6. The Bertz CT molecular complexity index is 1460. The number of rotatable bonds is 12. The van der Waals surface area contributed by atoms with Crippen molar-refractivity contribution < 1.29 is 27.9 Å². The van der Waals surface area contributed by atoms with E-state index in [-0.39, 0.29) is 30.3 Å². The van der Waals surface area contributed by atoms with Crippen LogP contribution in [0.25, 0.3) is 22.2 Å². The molecule has 0 aliphatic rings. The quantitative estimate of drug-likeness (QED) is 0.228. The van der Waals surface area contributed by atoms with Gasteiger partial charge in [0.2, 0.25) is 15.8 Å². The summed E-state index contributed by atoms with van der Waals surface area (Å²) in [5.41, 5.74) is 1.40. The van der Waals surface area contributed by atoms with Gasteiger partial charge in [0.15, 0.2) is 0 Å². The van der Waals surface area contributed by atoms with Crippen LogP contribution < -0.4 is 5.32 Å². The van der Waals surface area contributed by atoms with Crippen LogP contribution in [0, 0.1) is 5.92 Å². The number of benzene rings is 2.